The van der Waals surface area contributed by atoms with E-state index >= 15 is 0 Å². The third-order valence-electron chi connectivity index (χ3n) is 0. The summed E-state index contributed by atoms with van der Waals surface area (Å²) in [5.41, 5.74) is 0. The Hall–Kier alpha value is 0.865. The minimum atomic E-state index is 0. The first-order valence-electron chi connectivity index (χ1n) is 0.704. The Morgan fingerprint density at radius 3 is 1.75 bits per heavy atom. The monoisotopic (exact) mass is 182 g/mol. The van der Waals surface area contributed by atoms with Gasteiger partial charge in [-0.05, 0) is 0 Å². The van der Waals surface area contributed by atoms with Gasteiger partial charge in [0.1, 0.15) is 0 Å². The fraction of sp³-hybridized carbons (Fsp3) is 0.500. The van der Waals surface area contributed by atoms with Gasteiger partial charge in [-0.3, -0.25) is 4.79 Å². The van der Waals surface area contributed by atoms with Crippen LogP contribution in [0, 0.1) is 35.6 Å². The van der Waals surface area contributed by atoms with Crippen LogP contribution in [0.3, 0.4) is 0 Å². The Morgan fingerprint density at radius 1 is 1.75 bits per heavy atom. The van der Waals surface area contributed by atoms with E-state index in [-0.39, 0.29) is 35.6 Å². The van der Waals surface area contributed by atoms with Gasteiger partial charge in [-0.25, -0.2) is 0 Å². The molecule has 0 aliphatic rings. The van der Waals surface area contributed by atoms with Crippen molar-refractivity contribution in [3.05, 3.63) is 0 Å². The van der Waals surface area contributed by atoms with E-state index in [0.717, 1.165) is 0 Å². The summed E-state index contributed by atoms with van der Waals surface area (Å²) >= 11 is 0. The largest absolute Gasteiger partial charge is 0.291 e. The van der Waals surface area contributed by atoms with E-state index in [0.29, 0.717) is 0 Å². The summed E-state index contributed by atoms with van der Waals surface area (Å²) in [5.74, 6) is 0. The van der Waals surface area contributed by atoms with Crippen LogP contribution in [0.25, 0.3) is 0 Å². The van der Waals surface area contributed by atoms with Crippen LogP contribution in [0.2, 0.25) is 0 Å². The van der Waals surface area contributed by atoms with Gasteiger partial charge in [-0.2, -0.15) is 0 Å². The Morgan fingerprint density at radius 2 is 1.75 bits per heavy atom. The molecule has 0 aromatic rings. The molecule has 0 aliphatic carbocycles. The predicted octanol–water partition coefficient (Wildman–Crippen LogP) is 0.116. The second-order valence-corrected chi connectivity index (χ2v) is 0.204. The van der Waals surface area contributed by atoms with E-state index in [2.05, 4.69) is 0 Å². The first-order valence-corrected chi connectivity index (χ1v) is 0.704. The standard InChI is InChI=1S/C2H3O.La/c1-2-3;/h1H3;. The molecule has 2 heteroatoms. The van der Waals surface area contributed by atoms with Crippen LogP contribution in [0.15, 0.2) is 0 Å². The van der Waals surface area contributed by atoms with Gasteiger partial charge < -0.3 is 0 Å². The van der Waals surface area contributed by atoms with Crippen molar-refractivity contribution in [2.45, 2.75) is 6.92 Å². The summed E-state index contributed by atoms with van der Waals surface area (Å²) in [6, 6.07) is 0. The average molecular weight is 182 g/mol. The maximum Gasteiger partial charge on any atom is 0.195 e. The van der Waals surface area contributed by atoms with E-state index in [4.69, 9.17) is 4.79 Å². The Balaban J connectivity index is 0. The summed E-state index contributed by atoms with van der Waals surface area (Å²) in [4.78, 5) is 8.68. The molecule has 0 N–H and O–H groups in total. The predicted molar refractivity (Wildman–Crippen MR) is 11.4 cm³/mol. The van der Waals surface area contributed by atoms with E-state index in [9.17, 15) is 0 Å². The summed E-state index contributed by atoms with van der Waals surface area (Å²) in [6.07, 6.45) is 1.50. The molecule has 4 heavy (non-hydrogen) atoms. The van der Waals surface area contributed by atoms with Crippen molar-refractivity contribution in [3.8, 4) is 0 Å². The van der Waals surface area contributed by atoms with Gasteiger partial charge in [-0.15, -0.1) is 0 Å². The zero-order valence-corrected chi connectivity index (χ0v) is 6.11. The first-order chi connectivity index (χ1) is 1.41. The van der Waals surface area contributed by atoms with Crippen molar-refractivity contribution < 1.29 is 40.4 Å². The maximum absolute atomic E-state index is 8.68. The number of hydrogen-bond acceptors (Lipinski definition) is 1. The van der Waals surface area contributed by atoms with Gasteiger partial charge in [0.05, 0.1) is 0 Å². The molecule has 0 aromatic heterocycles. The van der Waals surface area contributed by atoms with Crippen LogP contribution in [0.4, 0.5) is 0 Å². The van der Waals surface area contributed by atoms with Crippen LogP contribution >= 0.6 is 0 Å². The second kappa shape index (κ2) is 9.12. The third-order valence-corrected chi connectivity index (χ3v) is 0. The normalized spacial score (nSPS) is 3.25. The summed E-state index contributed by atoms with van der Waals surface area (Å²) in [5, 5.41) is 0. The number of rotatable bonds is 0. The molecule has 2 radical (unpaired) electrons. The van der Waals surface area contributed by atoms with Crippen LogP contribution < -0.4 is 0 Å². The quantitative estimate of drug-likeness (QED) is 0.519. The minimum absolute atomic E-state index is 0. The Labute approximate surface area is 53.4 Å². The maximum atomic E-state index is 8.68. The molecule has 20 valence electrons. The summed E-state index contributed by atoms with van der Waals surface area (Å²) in [6.45, 7) is 1.32. The van der Waals surface area contributed by atoms with Gasteiger partial charge >= 0.3 is 0 Å². The van der Waals surface area contributed by atoms with Gasteiger partial charge in [0.25, 0.3) is 0 Å². The zero-order chi connectivity index (χ0) is 2.71. The van der Waals surface area contributed by atoms with Crippen molar-refractivity contribution in [2.75, 3.05) is 0 Å². The molecular weight excluding hydrogens is 179 g/mol. The molecule has 0 rings (SSSR count). The van der Waals surface area contributed by atoms with Crippen molar-refractivity contribution in [1.82, 2.24) is 0 Å². The van der Waals surface area contributed by atoms with Crippen LogP contribution in [-0.4, -0.2) is 6.29 Å². The summed E-state index contributed by atoms with van der Waals surface area (Å²) < 4.78 is 0. The Bertz CT molecular complexity index is 13.5. The Kier molecular flexibility index (Phi) is 20.2. The molecule has 0 fully saturated rings. The molecule has 1 nitrogen and oxygen atoms in total. The average Bonchev–Trinajstić information content (AvgIpc) is 0.918. The fourth-order valence-electron chi connectivity index (χ4n) is 0. The second-order valence-electron chi connectivity index (χ2n) is 0.204. The number of hydrogen-bond donors (Lipinski definition) is 0. The molecule has 0 bridgehead atoms. The third kappa shape index (κ3) is 13.3. The van der Waals surface area contributed by atoms with Crippen LogP contribution in [-0.2, 0) is 4.79 Å². The molecule has 0 heterocycles. The van der Waals surface area contributed by atoms with Crippen molar-refractivity contribution in [2.24, 2.45) is 0 Å². The molecule has 0 aromatic carbocycles. The fourth-order valence-corrected chi connectivity index (χ4v) is 0. The number of carbonyl (C=O) groups excluding carboxylic acids is 1. The molecule has 0 unspecified atom stereocenters. The van der Waals surface area contributed by atoms with E-state index < -0.39 is 0 Å². The molecular formula is C2H3LaO. The van der Waals surface area contributed by atoms with Crippen LogP contribution in [0.1, 0.15) is 6.92 Å². The van der Waals surface area contributed by atoms with E-state index in [1.54, 1.807) is 0 Å². The van der Waals surface area contributed by atoms with Crippen LogP contribution in [0.5, 0.6) is 0 Å². The zero-order valence-electron chi connectivity index (χ0n) is 2.49. The van der Waals surface area contributed by atoms with Crippen molar-refractivity contribution in [1.29, 1.82) is 0 Å². The van der Waals surface area contributed by atoms with E-state index in [1.807, 2.05) is 0 Å². The molecule has 0 saturated heterocycles. The SMILES string of the molecule is C[C]=O.[La]. The summed E-state index contributed by atoms with van der Waals surface area (Å²) in [7, 11) is 0. The van der Waals surface area contributed by atoms with Crippen molar-refractivity contribution >= 4 is 6.29 Å². The van der Waals surface area contributed by atoms with Gasteiger partial charge in [-0.1, -0.05) is 0 Å². The van der Waals surface area contributed by atoms with Gasteiger partial charge in [0, 0.05) is 42.5 Å². The smallest absolute Gasteiger partial charge is 0.195 e. The van der Waals surface area contributed by atoms with Gasteiger partial charge in [0.2, 0.25) is 0 Å². The molecule has 0 aliphatic heterocycles. The van der Waals surface area contributed by atoms with Gasteiger partial charge in [0.15, 0.2) is 6.29 Å². The molecule has 0 spiro atoms. The first kappa shape index (κ1) is 8.85. The van der Waals surface area contributed by atoms with E-state index in [1.165, 1.54) is 13.2 Å². The molecule has 0 amide bonds. The topological polar surface area (TPSA) is 17.1 Å². The van der Waals surface area contributed by atoms with Crippen molar-refractivity contribution in [3.63, 3.8) is 0 Å². The molecule has 0 atom stereocenters. The molecule has 0 saturated carbocycles. The minimum Gasteiger partial charge on any atom is -0.291 e.